The van der Waals surface area contributed by atoms with E-state index in [1.54, 1.807) is 0 Å². The van der Waals surface area contributed by atoms with E-state index in [2.05, 4.69) is 6.92 Å². The van der Waals surface area contributed by atoms with Crippen LogP contribution >= 0.6 is 0 Å². The van der Waals surface area contributed by atoms with Gasteiger partial charge in [0, 0.05) is 0 Å². The number of benzene rings is 1. The van der Waals surface area contributed by atoms with Gasteiger partial charge in [-0.05, 0) is 81.3 Å². The standard InChI is InChI=1S/C25H38F2O3/c1-3-5-6-21-12-11-20(17-29-21)19-9-7-18(8-10-19)16-30-23-14-13-22(28-15-4-2)24(26)25(23)27/h13-14,18-21H,3-12,15-17H2,1-2H3. The minimum absolute atomic E-state index is 0.0164. The maximum atomic E-state index is 14.3. The van der Waals surface area contributed by atoms with Crippen molar-refractivity contribution in [1.29, 1.82) is 0 Å². The lowest BCUT2D eigenvalue weighted by Crippen LogP contribution is -2.33. The zero-order chi connectivity index (χ0) is 21.3. The van der Waals surface area contributed by atoms with Gasteiger partial charge in [-0.2, -0.15) is 8.78 Å². The number of unbranched alkanes of at least 4 members (excludes halogenated alkanes) is 1. The van der Waals surface area contributed by atoms with Crippen LogP contribution in [0.25, 0.3) is 0 Å². The van der Waals surface area contributed by atoms with Gasteiger partial charge in [-0.1, -0.05) is 26.7 Å². The quantitative estimate of drug-likeness (QED) is 0.408. The van der Waals surface area contributed by atoms with Crippen LogP contribution in [0.5, 0.6) is 11.5 Å². The molecule has 1 aliphatic carbocycles. The molecule has 0 N–H and O–H groups in total. The molecule has 1 aliphatic heterocycles. The van der Waals surface area contributed by atoms with Crippen molar-refractivity contribution in [3.63, 3.8) is 0 Å². The highest BCUT2D eigenvalue weighted by atomic mass is 19.2. The third-order valence-electron chi connectivity index (χ3n) is 6.79. The van der Waals surface area contributed by atoms with Crippen molar-refractivity contribution in [3.05, 3.63) is 23.8 Å². The summed E-state index contributed by atoms with van der Waals surface area (Å²) in [6, 6.07) is 2.93. The van der Waals surface area contributed by atoms with Crippen LogP contribution in [0.1, 0.15) is 78.1 Å². The average Bonchev–Trinajstić information content (AvgIpc) is 2.79. The molecule has 0 spiro atoms. The van der Waals surface area contributed by atoms with E-state index in [1.807, 2.05) is 6.92 Å². The predicted octanol–water partition coefficient (Wildman–Crippen LogP) is 6.92. The van der Waals surface area contributed by atoms with Gasteiger partial charge in [0.05, 0.1) is 25.9 Å². The molecule has 2 aliphatic rings. The van der Waals surface area contributed by atoms with Gasteiger partial charge in [-0.3, -0.25) is 0 Å². The summed E-state index contributed by atoms with van der Waals surface area (Å²) in [5.41, 5.74) is 0. The molecule has 0 bridgehead atoms. The Morgan fingerprint density at radius 3 is 2.13 bits per heavy atom. The van der Waals surface area contributed by atoms with Crippen molar-refractivity contribution in [2.75, 3.05) is 19.8 Å². The first-order chi connectivity index (χ1) is 14.6. The number of hydrogen-bond donors (Lipinski definition) is 0. The van der Waals surface area contributed by atoms with Gasteiger partial charge >= 0.3 is 0 Å². The van der Waals surface area contributed by atoms with Crippen molar-refractivity contribution in [3.8, 4) is 11.5 Å². The first-order valence-electron chi connectivity index (χ1n) is 12.0. The maximum absolute atomic E-state index is 14.3. The number of rotatable bonds is 10. The van der Waals surface area contributed by atoms with Gasteiger partial charge in [0.2, 0.25) is 11.6 Å². The fourth-order valence-corrected chi connectivity index (χ4v) is 4.84. The van der Waals surface area contributed by atoms with Crippen molar-refractivity contribution in [2.24, 2.45) is 17.8 Å². The second-order valence-corrected chi connectivity index (χ2v) is 9.07. The second kappa shape index (κ2) is 11.9. The first-order valence-corrected chi connectivity index (χ1v) is 12.0. The Kier molecular flexibility index (Phi) is 9.23. The summed E-state index contributed by atoms with van der Waals surface area (Å²) in [5.74, 6) is -0.148. The molecule has 170 valence electrons. The molecule has 3 nitrogen and oxygen atoms in total. The number of hydrogen-bond acceptors (Lipinski definition) is 3. The smallest absolute Gasteiger partial charge is 0.204 e. The minimum Gasteiger partial charge on any atom is -0.490 e. The van der Waals surface area contributed by atoms with E-state index in [0.717, 1.165) is 31.8 Å². The zero-order valence-corrected chi connectivity index (χ0v) is 18.6. The van der Waals surface area contributed by atoms with Gasteiger partial charge in [-0.25, -0.2) is 0 Å². The fourth-order valence-electron chi connectivity index (χ4n) is 4.84. The molecule has 2 unspecified atom stereocenters. The highest BCUT2D eigenvalue weighted by Crippen LogP contribution is 2.38. The summed E-state index contributed by atoms with van der Waals surface area (Å²) in [6.07, 6.45) is 12.0. The lowest BCUT2D eigenvalue weighted by Gasteiger charge is -2.37. The van der Waals surface area contributed by atoms with Gasteiger partial charge in [-0.15, -0.1) is 0 Å². The Morgan fingerprint density at radius 1 is 0.867 bits per heavy atom. The fraction of sp³-hybridized carbons (Fsp3) is 0.760. The molecule has 1 heterocycles. The molecule has 0 amide bonds. The highest BCUT2D eigenvalue weighted by molar-refractivity contribution is 5.35. The van der Waals surface area contributed by atoms with E-state index in [0.29, 0.717) is 31.2 Å². The van der Waals surface area contributed by atoms with Crippen LogP contribution in [0.2, 0.25) is 0 Å². The van der Waals surface area contributed by atoms with Crippen LogP contribution in [0.4, 0.5) is 8.78 Å². The van der Waals surface area contributed by atoms with E-state index in [4.69, 9.17) is 14.2 Å². The summed E-state index contributed by atoms with van der Waals surface area (Å²) in [6.45, 7) is 5.88. The number of halogens is 2. The Balaban J connectivity index is 1.40. The molecule has 1 saturated carbocycles. The van der Waals surface area contributed by atoms with E-state index >= 15 is 0 Å². The Bertz CT molecular complexity index is 636. The Labute approximate surface area is 180 Å². The molecule has 2 atom stereocenters. The maximum Gasteiger partial charge on any atom is 0.204 e. The van der Waals surface area contributed by atoms with Crippen molar-refractivity contribution >= 4 is 0 Å². The lowest BCUT2D eigenvalue weighted by molar-refractivity contribution is -0.0433. The van der Waals surface area contributed by atoms with Gasteiger partial charge < -0.3 is 14.2 Å². The van der Waals surface area contributed by atoms with Gasteiger partial charge in [0.15, 0.2) is 11.5 Å². The molecule has 30 heavy (non-hydrogen) atoms. The van der Waals surface area contributed by atoms with E-state index in [9.17, 15) is 8.78 Å². The van der Waals surface area contributed by atoms with Crippen LogP contribution in [0.15, 0.2) is 12.1 Å². The summed E-state index contributed by atoms with van der Waals surface area (Å²) < 4.78 is 45.4. The van der Waals surface area contributed by atoms with Crippen molar-refractivity contribution in [1.82, 2.24) is 0 Å². The van der Waals surface area contributed by atoms with Gasteiger partial charge in [0.25, 0.3) is 0 Å². The molecular formula is C25H38F2O3. The number of ether oxygens (including phenoxy) is 3. The van der Waals surface area contributed by atoms with Crippen LogP contribution in [-0.4, -0.2) is 25.9 Å². The lowest BCUT2D eigenvalue weighted by atomic mass is 9.74. The SMILES string of the molecule is CCCCC1CCC(C2CCC(COc3ccc(OCCC)c(F)c3F)CC2)CO1. The normalized spacial score (nSPS) is 27.1. The highest BCUT2D eigenvalue weighted by Gasteiger charge is 2.31. The molecule has 1 saturated heterocycles. The molecule has 3 rings (SSSR count). The summed E-state index contributed by atoms with van der Waals surface area (Å²) in [7, 11) is 0. The largest absolute Gasteiger partial charge is 0.490 e. The molecule has 1 aromatic rings. The summed E-state index contributed by atoms with van der Waals surface area (Å²) in [5, 5.41) is 0. The molecule has 0 radical (unpaired) electrons. The molecule has 2 fully saturated rings. The van der Waals surface area contributed by atoms with Crippen molar-refractivity contribution < 1.29 is 23.0 Å². The zero-order valence-electron chi connectivity index (χ0n) is 18.6. The van der Waals surface area contributed by atoms with Crippen LogP contribution in [0.3, 0.4) is 0 Å². The first kappa shape index (κ1) is 23.3. The van der Waals surface area contributed by atoms with Crippen LogP contribution in [0, 0.1) is 29.4 Å². The molecule has 5 heteroatoms. The predicted molar refractivity (Wildman–Crippen MR) is 115 cm³/mol. The molecule has 1 aromatic carbocycles. The molecular weight excluding hydrogens is 386 g/mol. The van der Waals surface area contributed by atoms with E-state index in [1.165, 1.54) is 57.1 Å². The van der Waals surface area contributed by atoms with E-state index < -0.39 is 11.6 Å². The van der Waals surface area contributed by atoms with Crippen LogP contribution < -0.4 is 9.47 Å². The minimum atomic E-state index is -0.959. The Hall–Kier alpha value is -1.36. The Morgan fingerprint density at radius 2 is 1.53 bits per heavy atom. The second-order valence-electron chi connectivity index (χ2n) is 9.07. The topological polar surface area (TPSA) is 27.7 Å². The monoisotopic (exact) mass is 424 g/mol. The third kappa shape index (κ3) is 6.32. The van der Waals surface area contributed by atoms with Crippen LogP contribution in [-0.2, 0) is 4.74 Å². The van der Waals surface area contributed by atoms with Crippen molar-refractivity contribution in [2.45, 2.75) is 84.2 Å². The summed E-state index contributed by atoms with van der Waals surface area (Å²) in [4.78, 5) is 0. The third-order valence-corrected chi connectivity index (χ3v) is 6.79. The molecule has 0 aromatic heterocycles. The van der Waals surface area contributed by atoms with Gasteiger partial charge in [0.1, 0.15) is 0 Å². The summed E-state index contributed by atoms with van der Waals surface area (Å²) >= 11 is 0. The average molecular weight is 425 g/mol. The van der Waals surface area contributed by atoms with E-state index in [-0.39, 0.29) is 11.5 Å².